The first kappa shape index (κ1) is 18.7. The summed E-state index contributed by atoms with van der Waals surface area (Å²) in [5.74, 6) is 1.91. The first-order chi connectivity index (χ1) is 12.9. The summed E-state index contributed by atoms with van der Waals surface area (Å²) >= 11 is 0. The van der Waals surface area contributed by atoms with Gasteiger partial charge < -0.3 is 20.7 Å². The van der Waals surface area contributed by atoms with Crippen molar-refractivity contribution in [3.8, 4) is 5.75 Å². The first-order valence-electron chi connectivity index (χ1n) is 8.85. The zero-order valence-electron chi connectivity index (χ0n) is 15.7. The molecule has 1 fully saturated rings. The molecule has 0 radical (unpaired) electrons. The summed E-state index contributed by atoms with van der Waals surface area (Å²) in [6.07, 6.45) is 1.09. The van der Waals surface area contributed by atoms with Crippen molar-refractivity contribution in [2.45, 2.75) is 20.3 Å². The van der Waals surface area contributed by atoms with Crippen molar-refractivity contribution in [1.82, 2.24) is 9.97 Å². The van der Waals surface area contributed by atoms with Gasteiger partial charge in [-0.2, -0.15) is 9.97 Å². The van der Waals surface area contributed by atoms with Crippen LogP contribution < -0.4 is 20.7 Å². The van der Waals surface area contributed by atoms with Crippen LogP contribution in [0.4, 0.5) is 29.0 Å². The molecule has 0 unspecified atom stereocenters. The Morgan fingerprint density at radius 3 is 2.41 bits per heavy atom. The van der Waals surface area contributed by atoms with E-state index in [0.29, 0.717) is 24.9 Å². The van der Waals surface area contributed by atoms with Crippen molar-refractivity contribution in [3.05, 3.63) is 34.4 Å². The fourth-order valence-electron chi connectivity index (χ4n) is 3.55. The van der Waals surface area contributed by atoms with E-state index in [2.05, 4.69) is 29.1 Å². The van der Waals surface area contributed by atoms with Crippen LogP contribution in [0.3, 0.4) is 0 Å². The number of hydrogen-bond acceptors (Lipinski definition) is 8. The van der Waals surface area contributed by atoms with E-state index in [9.17, 15) is 10.1 Å². The summed E-state index contributed by atoms with van der Waals surface area (Å²) in [7, 11) is 1.59. The molecule has 1 saturated heterocycles. The normalized spacial score (nSPS) is 19.6. The summed E-state index contributed by atoms with van der Waals surface area (Å²) in [4.78, 5) is 21.5. The van der Waals surface area contributed by atoms with E-state index < -0.39 is 4.92 Å². The Bertz CT molecular complexity index is 817. The predicted octanol–water partition coefficient (Wildman–Crippen LogP) is 3.20. The number of anilines is 4. The van der Waals surface area contributed by atoms with Gasteiger partial charge in [0.25, 0.3) is 0 Å². The summed E-state index contributed by atoms with van der Waals surface area (Å²) in [6, 6.07) is 7.22. The van der Waals surface area contributed by atoms with Gasteiger partial charge in [-0.15, -0.1) is 0 Å². The maximum absolute atomic E-state index is 11.6. The molecule has 3 rings (SSSR count). The number of methoxy groups -OCH3 is 1. The van der Waals surface area contributed by atoms with Gasteiger partial charge in [0, 0.05) is 18.8 Å². The van der Waals surface area contributed by atoms with E-state index in [4.69, 9.17) is 10.5 Å². The lowest BCUT2D eigenvalue weighted by Crippen LogP contribution is -2.39. The van der Waals surface area contributed by atoms with Gasteiger partial charge in [-0.3, -0.25) is 10.1 Å². The molecule has 1 aliphatic rings. The molecule has 0 bridgehead atoms. The molecule has 2 heterocycles. The second-order valence-corrected chi connectivity index (χ2v) is 7.07. The van der Waals surface area contributed by atoms with Gasteiger partial charge in [-0.1, -0.05) is 13.8 Å². The lowest BCUT2D eigenvalue weighted by molar-refractivity contribution is -0.383. The van der Waals surface area contributed by atoms with E-state index in [-0.39, 0.29) is 23.3 Å². The van der Waals surface area contributed by atoms with E-state index in [1.807, 2.05) is 17.0 Å². The van der Waals surface area contributed by atoms with Gasteiger partial charge >= 0.3 is 5.69 Å². The zero-order chi connectivity index (χ0) is 19.6. The molecule has 2 atom stereocenters. The van der Waals surface area contributed by atoms with E-state index in [1.165, 1.54) is 0 Å². The molecule has 2 aromatic rings. The lowest BCUT2D eigenvalue weighted by Gasteiger charge is -2.35. The van der Waals surface area contributed by atoms with E-state index in [1.54, 1.807) is 19.2 Å². The average molecular weight is 372 g/mol. The highest BCUT2D eigenvalue weighted by Gasteiger charge is 2.31. The van der Waals surface area contributed by atoms with Crippen LogP contribution in [0, 0.1) is 22.0 Å². The number of ether oxygens (including phenoxy) is 1. The number of nitrogens with one attached hydrogen (secondary N) is 1. The molecule has 0 saturated carbocycles. The smallest absolute Gasteiger partial charge is 0.353 e. The summed E-state index contributed by atoms with van der Waals surface area (Å²) < 4.78 is 5.14. The van der Waals surface area contributed by atoms with Crippen LogP contribution in [0.2, 0.25) is 0 Å². The monoisotopic (exact) mass is 372 g/mol. The molecular formula is C18H24N6O3. The number of nitrogen functional groups attached to an aromatic ring is 1. The zero-order valence-corrected chi connectivity index (χ0v) is 15.7. The minimum absolute atomic E-state index is 0.146. The fraction of sp³-hybridized carbons (Fsp3) is 0.444. The molecule has 1 aliphatic heterocycles. The molecule has 9 nitrogen and oxygen atoms in total. The van der Waals surface area contributed by atoms with Crippen molar-refractivity contribution < 1.29 is 9.66 Å². The largest absolute Gasteiger partial charge is 0.497 e. The Labute approximate surface area is 157 Å². The predicted molar refractivity (Wildman–Crippen MR) is 105 cm³/mol. The van der Waals surface area contributed by atoms with Crippen molar-refractivity contribution in [2.75, 3.05) is 36.1 Å². The third-order valence-corrected chi connectivity index (χ3v) is 4.59. The molecule has 0 spiro atoms. The number of nitrogens with zero attached hydrogens (tertiary/aromatic N) is 4. The first-order valence-corrected chi connectivity index (χ1v) is 8.85. The highest BCUT2D eigenvalue weighted by atomic mass is 16.6. The van der Waals surface area contributed by atoms with Gasteiger partial charge in [-0.05, 0) is 42.5 Å². The topological polar surface area (TPSA) is 119 Å². The maximum Gasteiger partial charge on any atom is 0.353 e. The van der Waals surface area contributed by atoms with Gasteiger partial charge in [0.05, 0.1) is 12.0 Å². The number of benzene rings is 1. The molecule has 0 amide bonds. The van der Waals surface area contributed by atoms with Crippen LogP contribution in [0.15, 0.2) is 24.3 Å². The van der Waals surface area contributed by atoms with E-state index in [0.717, 1.165) is 17.9 Å². The number of rotatable bonds is 5. The number of nitro groups is 1. The van der Waals surface area contributed by atoms with Gasteiger partial charge in [-0.25, -0.2) is 0 Å². The highest BCUT2D eigenvalue weighted by molar-refractivity contribution is 5.72. The van der Waals surface area contributed by atoms with Crippen LogP contribution >= 0.6 is 0 Å². The Morgan fingerprint density at radius 1 is 1.22 bits per heavy atom. The van der Waals surface area contributed by atoms with Gasteiger partial charge in [0.2, 0.25) is 17.6 Å². The quantitative estimate of drug-likeness (QED) is 0.606. The molecule has 144 valence electrons. The van der Waals surface area contributed by atoms with Crippen LogP contribution in [0.1, 0.15) is 20.3 Å². The minimum atomic E-state index is -0.508. The van der Waals surface area contributed by atoms with Crippen molar-refractivity contribution in [3.63, 3.8) is 0 Å². The maximum atomic E-state index is 11.6. The van der Waals surface area contributed by atoms with Crippen molar-refractivity contribution in [1.29, 1.82) is 0 Å². The summed E-state index contributed by atoms with van der Waals surface area (Å²) in [6.45, 7) is 5.67. The minimum Gasteiger partial charge on any atom is -0.497 e. The van der Waals surface area contributed by atoms with Crippen LogP contribution in [-0.2, 0) is 0 Å². The molecule has 27 heavy (non-hydrogen) atoms. The summed E-state index contributed by atoms with van der Waals surface area (Å²) in [5, 5.41) is 14.6. The Hall–Kier alpha value is -3.10. The van der Waals surface area contributed by atoms with Crippen LogP contribution in [0.5, 0.6) is 5.75 Å². The molecular weight excluding hydrogens is 348 g/mol. The third-order valence-electron chi connectivity index (χ3n) is 4.59. The fourth-order valence-corrected chi connectivity index (χ4v) is 3.55. The SMILES string of the molecule is COc1ccc(Nc2nc(N)c([N+](=O)[O-])c(N3C[C@@H](C)C[C@H](C)C3)n2)cc1. The van der Waals surface area contributed by atoms with Gasteiger partial charge in [0.15, 0.2) is 0 Å². The molecule has 1 aromatic carbocycles. The molecule has 9 heteroatoms. The number of aromatic nitrogens is 2. The number of hydrogen-bond donors (Lipinski definition) is 2. The molecule has 3 N–H and O–H groups in total. The average Bonchev–Trinajstić information content (AvgIpc) is 2.60. The summed E-state index contributed by atoms with van der Waals surface area (Å²) in [5.41, 5.74) is 6.41. The molecule has 1 aromatic heterocycles. The Morgan fingerprint density at radius 2 is 1.85 bits per heavy atom. The van der Waals surface area contributed by atoms with E-state index >= 15 is 0 Å². The Balaban J connectivity index is 1.96. The van der Waals surface area contributed by atoms with Crippen molar-refractivity contribution in [2.24, 2.45) is 11.8 Å². The van der Waals surface area contributed by atoms with Gasteiger partial charge in [0.1, 0.15) is 5.75 Å². The van der Waals surface area contributed by atoms with Crippen molar-refractivity contribution >= 4 is 29.0 Å². The molecule has 0 aliphatic carbocycles. The number of piperidine rings is 1. The van der Waals surface area contributed by atoms with Crippen LogP contribution in [0.25, 0.3) is 0 Å². The second kappa shape index (κ2) is 7.65. The Kier molecular flexibility index (Phi) is 5.29. The third kappa shape index (κ3) is 4.18. The standard InChI is InChI=1S/C18H24N6O3/c1-11-8-12(2)10-23(9-11)17-15(24(25)26)16(19)21-18(22-17)20-13-4-6-14(27-3)7-5-13/h4-7,11-12H,8-10H2,1-3H3,(H3,19,20,21,22)/t11-,12-/m0/s1. The lowest BCUT2D eigenvalue weighted by atomic mass is 9.92. The second-order valence-electron chi connectivity index (χ2n) is 7.07. The number of nitrogens with two attached hydrogens (primary N) is 1. The highest BCUT2D eigenvalue weighted by Crippen LogP contribution is 2.36. The van der Waals surface area contributed by atoms with Crippen LogP contribution in [-0.4, -0.2) is 35.1 Å².